The van der Waals surface area contributed by atoms with Crippen molar-refractivity contribution in [2.45, 2.75) is 25.8 Å². The van der Waals surface area contributed by atoms with E-state index in [0.29, 0.717) is 11.8 Å². The molecule has 0 bridgehead atoms. The second kappa shape index (κ2) is 12.5. The summed E-state index contributed by atoms with van der Waals surface area (Å²) in [5.74, 6) is 0.177. The first-order valence-electron chi connectivity index (χ1n) is 8.01. The maximum atomic E-state index is 10.7. The standard InChI is InChI=1S/C19H23ClN2O2.ClH.H2O/c1-14(22-10-9-15-3-2-4-17(20)12-15)11-16-5-7-18(8-6-16)24-13-19(21)23;;/h2-8,12,14,22H,9-11,13H2,1H3,(H2,21,23);1H;1H2. The van der Waals surface area contributed by atoms with Gasteiger partial charge in [-0.1, -0.05) is 35.9 Å². The van der Waals surface area contributed by atoms with Crippen LogP contribution in [0.3, 0.4) is 0 Å². The van der Waals surface area contributed by atoms with Gasteiger partial charge in [-0.05, 0) is 61.7 Å². The first-order valence-corrected chi connectivity index (χ1v) is 8.38. The van der Waals surface area contributed by atoms with Crippen LogP contribution in [0.2, 0.25) is 5.02 Å². The van der Waals surface area contributed by atoms with Crippen molar-refractivity contribution in [1.82, 2.24) is 5.32 Å². The van der Waals surface area contributed by atoms with Gasteiger partial charge in [0.05, 0.1) is 0 Å². The van der Waals surface area contributed by atoms with Gasteiger partial charge in [-0.2, -0.15) is 0 Å². The summed E-state index contributed by atoms with van der Waals surface area (Å²) < 4.78 is 5.25. The summed E-state index contributed by atoms with van der Waals surface area (Å²) in [5, 5.41) is 4.30. The molecule has 2 aromatic rings. The van der Waals surface area contributed by atoms with E-state index in [9.17, 15) is 4.79 Å². The van der Waals surface area contributed by atoms with Gasteiger partial charge in [-0.15, -0.1) is 12.4 Å². The molecule has 0 radical (unpaired) electrons. The lowest BCUT2D eigenvalue weighted by atomic mass is 10.1. The van der Waals surface area contributed by atoms with Crippen LogP contribution in [-0.2, 0) is 17.6 Å². The fourth-order valence-electron chi connectivity index (χ4n) is 2.46. The molecule has 144 valence electrons. The Labute approximate surface area is 165 Å². The van der Waals surface area contributed by atoms with Gasteiger partial charge in [-0.25, -0.2) is 0 Å². The number of benzene rings is 2. The number of carbonyl (C=O) groups is 1. The number of hydrogen-bond acceptors (Lipinski definition) is 3. The third-order valence-corrected chi connectivity index (χ3v) is 3.88. The Kier molecular flexibility index (Phi) is 11.7. The molecule has 0 saturated carbocycles. The van der Waals surface area contributed by atoms with E-state index in [2.05, 4.69) is 18.3 Å². The molecule has 0 aromatic heterocycles. The smallest absolute Gasteiger partial charge is 0.255 e. The lowest BCUT2D eigenvalue weighted by Gasteiger charge is -2.14. The third-order valence-electron chi connectivity index (χ3n) is 3.64. The van der Waals surface area contributed by atoms with Gasteiger partial charge in [0.15, 0.2) is 6.61 Å². The number of rotatable bonds is 9. The molecular weight excluding hydrogens is 375 g/mol. The van der Waals surface area contributed by atoms with Crippen LogP contribution in [0.5, 0.6) is 5.75 Å². The van der Waals surface area contributed by atoms with Crippen molar-refractivity contribution in [3.05, 3.63) is 64.7 Å². The molecule has 2 rings (SSSR count). The molecule has 0 aliphatic heterocycles. The highest BCUT2D eigenvalue weighted by Gasteiger charge is 2.04. The van der Waals surface area contributed by atoms with Crippen molar-refractivity contribution in [1.29, 1.82) is 0 Å². The topological polar surface area (TPSA) is 95.8 Å². The summed E-state index contributed by atoms with van der Waals surface area (Å²) in [4.78, 5) is 10.7. The largest absolute Gasteiger partial charge is 0.484 e. The SMILES string of the molecule is CC(Cc1ccc(OCC(N)=O)cc1)NCCc1cccc(Cl)c1.Cl.O. The number of amides is 1. The van der Waals surface area contributed by atoms with E-state index in [-0.39, 0.29) is 24.5 Å². The number of nitrogens with one attached hydrogen (secondary N) is 1. The zero-order chi connectivity index (χ0) is 17.4. The van der Waals surface area contributed by atoms with Crippen molar-refractivity contribution in [2.24, 2.45) is 5.73 Å². The van der Waals surface area contributed by atoms with E-state index in [1.54, 1.807) is 0 Å². The minimum absolute atomic E-state index is 0. The second-order valence-electron chi connectivity index (χ2n) is 5.84. The van der Waals surface area contributed by atoms with Crippen LogP contribution in [0.15, 0.2) is 48.5 Å². The second-order valence-corrected chi connectivity index (χ2v) is 6.27. The predicted octanol–water partition coefficient (Wildman–Crippen LogP) is 2.56. The van der Waals surface area contributed by atoms with Gasteiger partial charge in [0, 0.05) is 11.1 Å². The van der Waals surface area contributed by atoms with Crippen molar-refractivity contribution in [2.75, 3.05) is 13.2 Å². The molecule has 1 atom stereocenters. The number of halogens is 2. The van der Waals surface area contributed by atoms with Crippen molar-refractivity contribution in [3.8, 4) is 5.75 Å². The normalized spacial score (nSPS) is 11.0. The molecule has 0 heterocycles. The Hall–Kier alpha value is -1.79. The van der Waals surface area contributed by atoms with Gasteiger partial charge in [-0.3, -0.25) is 4.79 Å². The summed E-state index contributed by atoms with van der Waals surface area (Å²) in [6.45, 7) is 2.97. The fraction of sp³-hybridized carbons (Fsp3) is 0.316. The van der Waals surface area contributed by atoms with E-state index < -0.39 is 5.91 Å². The molecule has 0 aliphatic rings. The number of nitrogens with two attached hydrogens (primary N) is 1. The van der Waals surface area contributed by atoms with Crippen LogP contribution >= 0.6 is 24.0 Å². The van der Waals surface area contributed by atoms with Crippen LogP contribution in [0.4, 0.5) is 0 Å². The molecule has 0 spiro atoms. The molecule has 1 unspecified atom stereocenters. The molecule has 5 nitrogen and oxygen atoms in total. The van der Waals surface area contributed by atoms with Gasteiger partial charge >= 0.3 is 0 Å². The molecule has 1 amide bonds. The molecular formula is C19H26Cl2N2O3. The Morgan fingerprint density at radius 2 is 1.88 bits per heavy atom. The lowest BCUT2D eigenvalue weighted by Crippen LogP contribution is -2.29. The highest BCUT2D eigenvalue weighted by atomic mass is 35.5. The first-order chi connectivity index (χ1) is 11.5. The minimum atomic E-state index is -0.475. The summed E-state index contributed by atoms with van der Waals surface area (Å²) in [7, 11) is 0. The Morgan fingerprint density at radius 1 is 1.19 bits per heavy atom. The average molecular weight is 401 g/mol. The zero-order valence-corrected chi connectivity index (χ0v) is 16.3. The molecule has 5 N–H and O–H groups in total. The Bertz CT molecular complexity index is 666. The quantitative estimate of drug-likeness (QED) is 0.676. The Balaban J connectivity index is 0.00000312. The Morgan fingerprint density at radius 3 is 2.50 bits per heavy atom. The molecule has 7 heteroatoms. The number of primary amides is 1. The van der Waals surface area contributed by atoms with Gasteiger partial charge in [0.25, 0.3) is 5.91 Å². The summed E-state index contributed by atoms with van der Waals surface area (Å²) in [6.07, 6.45) is 1.87. The molecule has 26 heavy (non-hydrogen) atoms. The number of carbonyl (C=O) groups excluding carboxylic acids is 1. The summed E-state index contributed by atoms with van der Waals surface area (Å²) in [5.41, 5.74) is 7.50. The monoisotopic (exact) mass is 400 g/mol. The fourth-order valence-corrected chi connectivity index (χ4v) is 2.67. The van der Waals surface area contributed by atoms with Crippen LogP contribution < -0.4 is 15.8 Å². The van der Waals surface area contributed by atoms with Crippen LogP contribution in [0, 0.1) is 0 Å². The summed E-state index contributed by atoms with van der Waals surface area (Å²) >= 11 is 5.99. The van der Waals surface area contributed by atoms with Crippen molar-refractivity contribution in [3.63, 3.8) is 0 Å². The van der Waals surface area contributed by atoms with E-state index >= 15 is 0 Å². The van der Waals surface area contributed by atoms with Crippen molar-refractivity contribution >= 4 is 29.9 Å². The minimum Gasteiger partial charge on any atom is -0.484 e. The predicted molar refractivity (Wildman–Crippen MR) is 108 cm³/mol. The van der Waals surface area contributed by atoms with Crippen LogP contribution in [-0.4, -0.2) is 30.6 Å². The highest BCUT2D eigenvalue weighted by Crippen LogP contribution is 2.14. The molecule has 0 aliphatic carbocycles. The first kappa shape index (κ1) is 24.2. The maximum absolute atomic E-state index is 10.7. The van der Waals surface area contributed by atoms with E-state index in [1.807, 2.05) is 42.5 Å². The van der Waals surface area contributed by atoms with Gasteiger partial charge in [0.1, 0.15) is 5.75 Å². The average Bonchev–Trinajstić information content (AvgIpc) is 2.54. The number of hydrogen-bond donors (Lipinski definition) is 2. The van der Waals surface area contributed by atoms with Crippen molar-refractivity contribution < 1.29 is 15.0 Å². The van der Waals surface area contributed by atoms with Crippen LogP contribution in [0.25, 0.3) is 0 Å². The molecule has 0 saturated heterocycles. The summed E-state index contributed by atoms with van der Waals surface area (Å²) in [6, 6.07) is 16.0. The van der Waals surface area contributed by atoms with Gasteiger partial charge < -0.3 is 21.3 Å². The third kappa shape index (κ3) is 9.06. The zero-order valence-electron chi connectivity index (χ0n) is 14.7. The molecule has 0 fully saturated rings. The maximum Gasteiger partial charge on any atom is 0.255 e. The highest BCUT2D eigenvalue weighted by molar-refractivity contribution is 6.30. The number of ether oxygens (including phenoxy) is 1. The van der Waals surface area contributed by atoms with E-state index in [1.165, 1.54) is 11.1 Å². The van der Waals surface area contributed by atoms with Gasteiger partial charge in [0.2, 0.25) is 0 Å². The van der Waals surface area contributed by atoms with E-state index in [0.717, 1.165) is 24.4 Å². The van der Waals surface area contributed by atoms with Crippen LogP contribution in [0.1, 0.15) is 18.1 Å². The molecule has 2 aromatic carbocycles. The van der Waals surface area contributed by atoms with E-state index in [4.69, 9.17) is 22.1 Å². The lowest BCUT2D eigenvalue weighted by molar-refractivity contribution is -0.119.